The van der Waals surface area contributed by atoms with Crippen molar-refractivity contribution >= 4 is 29.0 Å². The minimum atomic E-state index is -1.35. The summed E-state index contributed by atoms with van der Waals surface area (Å²) in [6, 6.07) is -0.935. The number of aryl methyl sites for hydroxylation is 1. The summed E-state index contributed by atoms with van der Waals surface area (Å²) in [5.41, 5.74) is 12.3. The average Bonchev–Trinajstić information content (AvgIpc) is 3.52. The number of halogens is 1. The Hall–Kier alpha value is -3.31. The fourth-order valence-corrected chi connectivity index (χ4v) is 4.95. The van der Waals surface area contributed by atoms with E-state index in [9.17, 15) is 24.3 Å². The first-order valence-corrected chi connectivity index (χ1v) is 11.7. The van der Waals surface area contributed by atoms with Gasteiger partial charge in [-0.25, -0.2) is 9.18 Å². The number of carboxylic acid groups (broad SMARTS) is 1. The second kappa shape index (κ2) is 9.04. The van der Waals surface area contributed by atoms with Crippen molar-refractivity contribution in [1.29, 1.82) is 0 Å². The van der Waals surface area contributed by atoms with Crippen LogP contribution in [0.15, 0.2) is 17.1 Å². The highest BCUT2D eigenvalue weighted by Crippen LogP contribution is 2.44. The maximum absolute atomic E-state index is 15.5. The van der Waals surface area contributed by atoms with E-state index in [0.717, 1.165) is 28.3 Å². The van der Waals surface area contributed by atoms with Gasteiger partial charge in [0.2, 0.25) is 11.8 Å². The zero-order valence-electron chi connectivity index (χ0n) is 20.0. The van der Waals surface area contributed by atoms with Crippen molar-refractivity contribution in [3.8, 4) is 0 Å². The number of anilines is 1. The second-order valence-corrected chi connectivity index (χ2v) is 9.58. The number of nitrogens with two attached hydrogens (primary N) is 2. The van der Waals surface area contributed by atoms with Crippen LogP contribution in [0.3, 0.4) is 0 Å². The standard InChI is InChI=1S/C24H30FN5O5/c1-11-19-16(14-4-5-14)8-17(24(34)35)23(33)29(19)10-18(25)20(11)28-7-6-15(9-28)30(21(31)12(2)26)22(32)13(3)27/h8,10,12-15H,4-7,9,26-27H2,1-3H3,(H,34,35)/t12-,13-,15-/m0/s1. The van der Waals surface area contributed by atoms with Crippen LogP contribution in [0.1, 0.15) is 60.5 Å². The van der Waals surface area contributed by atoms with Gasteiger partial charge in [0.1, 0.15) is 5.56 Å². The third-order valence-corrected chi connectivity index (χ3v) is 6.79. The summed E-state index contributed by atoms with van der Waals surface area (Å²) in [5.74, 6) is -3.02. The fraction of sp³-hybridized carbons (Fsp3) is 0.500. The molecule has 1 saturated carbocycles. The molecule has 35 heavy (non-hydrogen) atoms. The van der Waals surface area contributed by atoms with Gasteiger partial charge in [-0.3, -0.25) is 23.7 Å². The molecule has 0 unspecified atom stereocenters. The molecule has 2 fully saturated rings. The zero-order valence-corrected chi connectivity index (χ0v) is 20.0. The number of fused-ring (bicyclic) bond motifs is 1. The number of amides is 2. The largest absolute Gasteiger partial charge is 0.477 e. The first kappa shape index (κ1) is 24.8. The number of carbonyl (C=O) groups is 3. The van der Waals surface area contributed by atoms with Crippen LogP contribution in [0.5, 0.6) is 0 Å². The van der Waals surface area contributed by atoms with Crippen LogP contribution < -0.4 is 21.9 Å². The Balaban J connectivity index is 1.78. The molecule has 1 aliphatic heterocycles. The number of pyridine rings is 2. The predicted octanol–water partition coefficient (Wildman–Crippen LogP) is 0.951. The number of rotatable bonds is 6. The molecule has 11 heteroatoms. The van der Waals surface area contributed by atoms with Gasteiger partial charge in [0.05, 0.1) is 35.5 Å². The average molecular weight is 488 g/mol. The van der Waals surface area contributed by atoms with E-state index in [0.29, 0.717) is 29.6 Å². The topological polar surface area (TPSA) is 151 Å². The third-order valence-electron chi connectivity index (χ3n) is 6.79. The minimum absolute atomic E-state index is 0.106. The third kappa shape index (κ3) is 4.30. The highest BCUT2D eigenvalue weighted by molar-refractivity contribution is 6.00. The number of carbonyl (C=O) groups excluding carboxylic acids is 2. The molecule has 1 aliphatic carbocycles. The molecule has 10 nitrogen and oxygen atoms in total. The molecule has 2 aromatic rings. The van der Waals surface area contributed by atoms with E-state index in [2.05, 4.69) is 0 Å². The van der Waals surface area contributed by atoms with Gasteiger partial charge < -0.3 is 21.5 Å². The minimum Gasteiger partial charge on any atom is -0.477 e. The van der Waals surface area contributed by atoms with E-state index in [4.69, 9.17) is 11.5 Å². The number of aromatic carboxylic acids is 1. The van der Waals surface area contributed by atoms with E-state index in [1.807, 2.05) is 0 Å². The molecule has 2 amide bonds. The number of carboxylic acids is 1. The first-order valence-electron chi connectivity index (χ1n) is 11.7. The molecular weight excluding hydrogens is 457 g/mol. The van der Waals surface area contributed by atoms with Crippen molar-refractivity contribution in [2.45, 2.75) is 64.1 Å². The van der Waals surface area contributed by atoms with Crippen LogP contribution >= 0.6 is 0 Å². The molecular formula is C24H30FN5O5. The van der Waals surface area contributed by atoms with Gasteiger partial charge in [-0.15, -0.1) is 0 Å². The lowest BCUT2D eigenvalue weighted by Gasteiger charge is -2.30. The smallest absolute Gasteiger partial charge is 0.341 e. The van der Waals surface area contributed by atoms with Crippen molar-refractivity contribution in [3.63, 3.8) is 0 Å². The highest BCUT2D eigenvalue weighted by atomic mass is 19.1. The van der Waals surface area contributed by atoms with Crippen molar-refractivity contribution in [3.05, 3.63) is 45.1 Å². The van der Waals surface area contributed by atoms with Crippen LogP contribution in [-0.2, 0) is 9.59 Å². The summed E-state index contributed by atoms with van der Waals surface area (Å²) in [7, 11) is 0. The van der Waals surface area contributed by atoms with Crippen LogP contribution in [0, 0.1) is 12.7 Å². The van der Waals surface area contributed by atoms with E-state index in [1.165, 1.54) is 19.9 Å². The molecule has 2 aromatic heterocycles. The van der Waals surface area contributed by atoms with Gasteiger partial charge in [-0.2, -0.15) is 0 Å². The zero-order chi connectivity index (χ0) is 25.8. The van der Waals surface area contributed by atoms with Crippen LogP contribution in [0.2, 0.25) is 0 Å². The monoisotopic (exact) mass is 487 g/mol. The Bertz CT molecular complexity index is 1260. The molecule has 4 rings (SSSR count). The Labute approximate surface area is 201 Å². The van der Waals surface area contributed by atoms with E-state index >= 15 is 4.39 Å². The first-order chi connectivity index (χ1) is 16.4. The molecule has 3 heterocycles. The lowest BCUT2D eigenvalue weighted by Crippen LogP contribution is -2.55. The van der Waals surface area contributed by atoms with Crippen molar-refractivity contribution in [1.82, 2.24) is 9.30 Å². The number of hydrogen-bond donors (Lipinski definition) is 3. The number of aromatic nitrogens is 1. The van der Waals surface area contributed by atoms with E-state index < -0.39 is 52.8 Å². The SMILES string of the molecule is Cc1c(N2CC[C@H](N(C(=O)[C@H](C)N)C(=O)[C@H](C)N)C2)c(F)cn2c(=O)c(C(=O)O)cc(C3CC3)c12. The van der Waals surface area contributed by atoms with Crippen LogP contribution in [0.4, 0.5) is 10.1 Å². The maximum Gasteiger partial charge on any atom is 0.341 e. The molecule has 3 atom stereocenters. The number of nitrogens with zero attached hydrogens (tertiary/aromatic N) is 3. The quantitative estimate of drug-likeness (QED) is 0.545. The molecule has 188 valence electrons. The maximum atomic E-state index is 15.5. The summed E-state index contributed by atoms with van der Waals surface area (Å²) >= 11 is 0. The summed E-state index contributed by atoms with van der Waals surface area (Å²) < 4.78 is 16.5. The Kier molecular flexibility index (Phi) is 6.41. The van der Waals surface area contributed by atoms with Gasteiger partial charge >= 0.3 is 5.97 Å². The van der Waals surface area contributed by atoms with Crippen LogP contribution in [0.25, 0.3) is 5.52 Å². The molecule has 0 bridgehead atoms. The summed E-state index contributed by atoms with van der Waals surface area (Å²) in [6.07, 6.45) is 3.15. The molecule has 0 aromatic carbocycles. The van der Waals surface area contributed by atoms with Crippen molar-refractivity contribution in [2.24, 2.45) is 11.5 Å². The lowest BCUT2D eigenvalue weighted by molar-refractivity contribution is -0.148. The van der Waals surface area contributed by atoms with Crippen molar-refractivity contribution < 1.29 is 23.9 Å². The molecule has 5 N–H and O–H groups in total. The fourth-order valence-electron chi connectivity index (χ4n) is 4.95. The predicted molar refractivity (Wildman–Crippen MR) is 127 cm³/mol. The molecule has 0 spiro atoms. The van der Waals surface area contributed by atoms with E-state index in [-0.39, 0.29) is 18.2 Å². The van der Waals surface area contributed by atoms with Gasteiger partial charge in [0.15, 0.2) is 5.82 Å². The normalized spacial score (nSPS) is 19.6. The number of hydrogen-bond acceptors (Lipinski definition) is 7. The van der Waals surface area contributed by atoms with Gasteiger partial charge in [0.25, 0.3) is 5.56 Å². The number of imide groups is 1. The van der Waals surface area contributed by atoms with Crippen molar-refractivity contribution in [2.75, 3.05) is 18.0 Å². The Morgan fingerprint density at radius 2 is 1.74 bits per heavy atom. The Morgan fingerprint density at radius 3 is 2.26 bits per heavy atom. The summed E-state index contributed by atoms with van der Waals surface area (Å²) in [4.78, 5) is 52.7. The molecule has 0 radical (unpaired) electrons. The van der Waals surface area contributed by atoms with Gasteiger partial charge in [-0.1, -0.05) is 0 Å². The summed E-state index contributed by atoms with van der Waals surface area (Å²) in [6.45, 7) is 5.23. The van der Waals surface area contributed by atoms with Gasteiger partial charge in [0, 0.05) is 13.1 Å². The molecule has 1 saturated heterocycles. The summed E-state index contributed by atoms with van der Waals surface area (Å²) in [5, 5.41) is 9.47. The highest BCUT2D eigenvalue weighted by Gasteiger charge is 2.38. The van der Waals surface area contributed by atoms with Crippen LogP contribution in [-0.4, -0.2) is 63.4 Å². The lowest BCUT2D eigenvalue weighted by atomic mass is 10.0. The second-order valence-electron chi connectivity index (χ2n) is 9.58. The van der Waals surface area contributed by atoms with Gasteiger partial charge in [-0.05, 0) is 63.1 Å². The molecule has 2 aliphatic rings. The van der Waals surface area contributed by atoms with E-state index in [1.54, 1.807) is 11.8 Å². The Morgan fingerprint density at radius 1 is 1.14 bits per heavy atom.